The molecule has 0 saturated heterocycles. The van der Waals surface area contributed by atoms with E-state index in [0.717, 1.165) is 11.1 Å². The van der Waals surface area contributed by atoms with Crippen LogP contribution in [0.1, 0.15) is 11.1 Å². The molecule has 2 aromatic carbocycles. The topological polar surface area (TPSA) is 55.4 Å². The summed E-state index contributed by atoms with van der Waals surface area (Å²) >= 11 is 12.1. The van der Waals surface area contributed by atoms with Crippen molar-refractivity contribution in [2.45, 2.75) is 18.7 Å². The number of aryl methyl sites for hydroxylation is 2. The van der Waals surface area contributed by atoms with Crippen LogP contribution in [-0.2, 0) is 10.0 Å². The van der Waals surface area contributed by atoms with Crippen molar-refractivity contribution in [1.29, 1.82) is 0 Å². The van der Waals surface area contributed by atoms with Crippen LogP contribution in [0.4, 0.5) is 5.69 Å². The van der Waals surface area contributed by atoms with Crippen LogP contribution >= 0.6 is 23.2 Å². The van der Waals surface area contributed by atoms with Crippen molar-refractivity contribution < 1.29 is 13.2 Å². The van der Waals surface area contributed by atoms with Crippen molar-refractivity contribution in [2.24, 2.45) is 0 Å². The van der Waals surface area contributed by atoms with Gasteiger partial charge >= 0.3 is 0 Å². The number of rotatable bonds is 4. The van der Waals surface area contributed by atoms with E-state index in [9.17, 15) is 8.42 Å². The van der Waals surface area contributed by atoms with Gasteiger partial charge in [0.15, 0.2) is 0 Å². The minimum atomic E-state index is -3.85. The molecule has 0 fully saturated rings. The second kappa shape index (κ2) is 6.36. The van der Waals surface area contributed by atoms with Gasteiger partial charge in [0.25, 0.3) is 10.0 Å². The highest BCUT2D eigenvalue weighted by molar-refractivity contribution is 7.92. The van der Waals surface area contributed by atoms with E-state index in [0.29, 0.717) is 11.4 Å². The van der Waals surface area contributed by atoms with E-state index < -0.39 is 10.0 Å². The van der Waals surface area contributed by atoms with Crippen LogP contribution in [-0.4, -0.2) is 15.5 Å². The van der Waals surface area contributed by atoms with E-state index in [4.69, 9.17) is 27.9 Å². The minimum absolute atomic E-state index is 0.0630. The summed E-state index contributed by atoms with van der Waals surface area (Å²) in [5, 5.41) is -0.00757. The van der Waals surface area contributed by atoms with Crippen molar-refractivity contribution in [1.82, 2.24) is 0 Å². The molecular weight excluding hydrogens is 345 g/mol. The zero-order valence-corrected chi connectivity index (χ0v) is 14.6. The average molecular weight is 360 g/mol. The third-order valence-electron chi connectivity index (χ3n) is 3.16. The Bertz CT molecular complexity index is 820. The molecule has 0 aromatic heterocycles. The van der Waals surface area contributed by atoms with Crippen LogP contribution < -0.4 is 9.46 Å². The molecule has 0 aliphatic heterocycles. The minimum Gasteiger partial charge on any atom is -0.495 e. The van der Waals surface area contributed by atoms with Crippen molar-refractivity contribution in [3.05, 3.63) is 51.5 Å². The van der Waals surface area contributed by atoms with Gasteiger partial charge in [-0.05, 0) is 43.2 Å². The number of hydrogen-bond acceptors (Lipinski definition) is 3. The smallest absolute Gasteiger partial charge is 0.263 e. The zero-order chi connectivity index (χ0) is 16.5. The lowest BCUT2D eigenvalue weighted by atomic mass is 10.1. The summed E-state index contributed by atoms with van der Waals surface area (Å²) < 4.78 is 32.6. The van der Waals surface area contributed by atoms with Gasteiger partial charge in [-0.15, -0.1) is 0 Å². The molecule has 0 atom stereocenters. The Morgan fingerprint density at radius 2 is 1.73 bits per heavy atom. The number of hydrogen-bond donors (Lipinski definition) is 1. The van der Waals surface area contributed by atoms with Gasteiger partial charge in [0.05, 0.1) is 17.8 Å². The van der Waals surface area contributed by atoms with E-state index in [-0.39, 0.29) is 14.9 Å². The van der Waals surface area contributed by atoms with Crippen LogP contribution in [0.3, 0.4) is 0 Å². The van der Waals surface area contributed by atoms with Gasteiger partial charge in [0.2, 0.25) is 0 Å². The molecule has 0 spiro atoms. The van der Waals surface area contributed by atoms with Crippen LogP contribution in [0, 0.1) is 13.8 Å². The number of ether oxygens (including phenoxy) is 1. The Balaban J connectivity index is 2.47. The predicted molar refractivity (Wildman–Crippen MR) is 89.7 cm³/mol. The Kier molecular flexibility index (Phi) is 4.90. The molecule has 7 heteroatoms. The first-order chi connectivity index (χ1) is 10.3. The number of sulfonamides is 1. The van der Waals surface area contributed by atoms with Crippen molar-refractivity contribution in [3.63, 3.8) is 0 Å². The fourth-order valence-electron chi connectivity index (χ4n) is 1.92. The quantitative estimate of drug-likeness (QED) is 0.878. The molecule has 0 aliphatic rings. The molecule has 2 rings (SSSR count). The Morgan fingerprint density at radius 1 is 1.05 bits per heavy atom. The normalized spacial score (nSPS) is 11.3. The second-order valence-electron chi connectivity index (χ2n) is 4.82. The number of benzene rings is 2. The SMILES string of the molecule is COc1ccc(S(=O)(=O)Nc2cc(C)ccc2C)c(Cl)c1Cl. The monoisotopic (exact) mass is 359 g/mol. The highest BCUT2D eigenvalue weighted by atomic mass is 35.5. The molecule has 118 valence electrons. The van der Waals surface area contributed by atoms with Gasteiger partial charge in [-0.3, -0.25) is 4.72 Å². The number of halogens is 2. The summed E-state index contributed by atoms with van der Waals surface area (Å²) in [7, 11) is -2.42. The molecule has 0 bridgehead atoms. The van der Waals surface area contributed by atoms with Gasteiger partial charge in [-0.1, -0.05) is 35.3 Å². The van der Waals surface area contributed by atoms with E-state index in [1.54, 1.807) is 6.07 Å². The average Bonchev–Trinajstić information content (AvgIpc) is 2.45. The molecule has 0 amide bonds. The maximum atomic E-state index is 12.5. The fraction of sp³-hybridized carbons (Fsp3) is 0.200. The maximum absolute atomic E-state index is 12.5. The van der Waals surface area contributed by atoms with E-state index in [1.807, 2.05) is 26.0 Å². The Hall–Kier alpha value is -1.43. The first-order valence-corrected chi connectivity index (χ1v) is 8.62. The first-order valence-electron chi connectivity index (χ1n) is 6.38. The standard InChI is InChI=1S/C15H15Cl2NO3S/c1-9-4-5-10(2)11(8-9)18-22(19,20)13-7-6-12(21-3)14(16)15(13)17/h4-8,18H,1-3H3. The zero-order valence-electron chi connectivity index (χ0n) is 12.3. The second-order valence-corrected chi connectivity index (χ2v) is 7.22. The molecular formula is C15H15Cl2NO3S. The molecule has 22 heavy (non-hydrogen) atoms. The summed E-state index contributed by atoms with van der Waals surface area (Å²) in [5.74, 6) is 0.317. The summed E-state index contributed by atoms with van der Waals surface area (Å²) in [6, 6.07) is 8.33. The van der Waals surface area contributed by atoms with Gasteiger partial charge in [0.1, 0.15) is 15.7 Å². The van der Waals surface area contributed by atoms with Crippen LogP contribution in [0.25, 0.3) is 0 Å². The summed E-state index contributed by atoms with van der Waals surface area (Å²) in [6.07, 6.45) is 0. The molecule has 0 radical (unpaired) electrons. The van der Waals surface area contributed by atoms with Gasteiger partial charge in [0, 0.05) is 0 Å². The lowest BCUT2D eigenvalue weighted by Crippen LogP contribution is -2.14. The Morgan fingerprint density at radius 3 is 2.36 bits per heavy atom. The Labute approximate surface area is 140 Å². The van der Waals surface area contributed by atoms with Gasteiger partial charge < -0.3 is 4.74 Å². The molecule has 0 aliphatic carbocycles. The maximum Gasteiger partial charge on any atom is 0.263 e. The highest BCUT2D eigenvalue weighted by Crippen LogP contribution is 2.37. The summed E-state index contributed by atoms with van der Waals surface area (Å²) in [4.78, 5) is -0.0964. The largest absolute Gasteiger partial charge is 0.495 e. The van der Waals surface area contributed by atoms with Gasteiger partial charge in [-0.25, -0.2) is 8.42 Å². The van der Waals surface area contributed by atoms with Crippen molar-refractivity contribution in [3.8, 4) is 5.75 Å². The predicted octanol–water partition coefficient (Wildman–Crippen LogP) is 4.42. The third kappa shape index (κ3) is 3.32. The molecule has 0 unspecified atom stereocenters. The van der Waals surface area contributed by atoms with Gasteiger partial charge in [-0.2, -0.15) is 0 Å². The molecule has 0 heterocycles. The molecule has 1 N–H and O–H groups in total. The number of nitrogens with one attached hydrogen (secondary N) is 1. The number of anilines is 1. The number of methoxy groups -OCH3 is 1. The lowest BCUT2D eigenvalue weighted by Gasteiger charge is -2.14. The van der Waals surface area contributed by atoms with E-state index in [2.05, 4.69) is 4.72 Å². The highest BCUT2D eigenvalue weighted by Gasteiger charge is 2.22. The van der Waals surface area contributed by atoms with Crippen LogP contribution in [0.2, 0.25) is 10.0 Å². The molecule has 2 aromatic rings. The van der Waals surface area contributed by atoms with E-state index >= 15 is 0 Å². The summed E-state index contributed by atoms with van der Waals surface area (Å²) in [6.45, 7) is 3.70. The van der Waals surface area contributed by atoms with Crippen LogP contribution in [0.5, 0.6) is 5.75 Å². The molecule has 4 nitrogen and oxygen atoms in total. The molecule has 0 saturated carbocycles. The summed E-state index contributed by atoms with van der Waals surface area (Å²) in [5.41, 5.74) is 2.26. The van der Waals surface area contributed by atoms with Crippen LogP contribution in [0.15, 0.2) is 35.2 Å². The van der Waals surface area contributed by atoms with E-state index in [1.165, 1.54) is 19.2 Å². The first kappa shape index (κ1) is 16.9. The van der Waals surface area contributed by atoms with Crippen molar-refractivity contribution >= 4 is 38.9 Å². The fourth-order valence-corrected chi connectivity index (χ4v) is 3.89. The van der Waals surface area contributed by atoms with Crippen molar-refractivity contribution in [2.75, 3.05) is 11.8 Å². The third-order valence-corrected chi connectivity index (χ3v) is 5.54. The lowest BCUT2D eigenvalue weighted by molar-refractivity contribution is 0.414.